The zero-order valence-electron chi connectivity index (χ0n) is 21.0. The Kier molecular flexibility index (Phi) is 8.81. The van der Waals surface area contributed by atoms with Crippen molar-refractivity contribution in [3.63, 3.8) is 0 Å². The third-order valence-electron chi connectivity index (χ3n) is 4.68. The maximum Gasteiger partial charge on any atom is 0.471 e. The second-order valence-electron chi connectivity index (χ2n) is 7.84. The van der Waals surface area contributed by atoms with Gasteiger partial charge < -0.3 is 13.6 Å². The number of aryl methyl sites for hydroxylation is 2. The number of aromatic nitrogens is 8. The highest BCUT2D eigenvalue weighted by atomic mass is 19.4. The van der Waals surface area contributed by atoms with Gasteiger partial charge in [-0.2, -0.15) is 28.1 Å². The van der Waals surface area contributed by atoms with Crippen molar-refractivity contribution in [1.82, 2.24) is 40.4 Å². The number of hydrogen-bond donors (Lipinski definition) is 0. The molecule has 0 N–H and O–H groups in total. The van der Waals surface area contributed by atoms with Gasteiger partial charge in [0.2, 0.25) is 29.3 Å². The lowest BCUT2D eigenvalue weighted by Gasteiger charge is -1.96. The van der Waals surface area contributed by atoms with Gasteiger partial charge in [0.05, 0.1) is 12.4 Å². The molecular weight excluding hydrogens is 555 g/mol. The van der Waals surface area contributed by atoms with Crippen LogP contribution in [0.25, 0.3) is 34.2 Å². The van der Waals surface area contributed by atoms with Gasteiger partial charge in [0, 0.05) is 42.9 Å². The molecule has 41 heavy (non-hydrogen) atoms. The van der Waals surface area contributed by atoms with Crippen LogP contribution in [0.3, 0.4) is 0 Å². The lowest BCUT2D eigenvalue weighted by molar-refractivity contribution is -0.159. The van der Waals surface area contributed by atoms with Gasteiger partial charge in [-0.1, -0.05) is 45.8 Å². The Morgan fingerprint density at radius 2 is 1.05 bits per heavy atom. The fraction of sp³-hybridized carbons (Fsp3) is 0.120. The highest BCUT2D eigenvalue weighted by Crippen LogP contribution is 2.29. The van der Waals surface area contributed by atoms with E-state index in [1.54, 1.807) is 13.8 Å². The van der Waals surface area contributed by atoms with Gasteiger partial charge in [0.15, 0.2) is 0 Å². The Morgan fingerprint density at radius 1 is 0.585 bits per heavy atom. The highest BCUT2D eigenvalue weighted by molar-refractivity contribution is 5.54. The summed E-state index contributed by atoms with van der Waals surface area (Å²) in [4.78, 5) is 18.3. The summed E-state index contributed by atoms with van der Waals surface area (Å²) < 4.78 is 75.4. The fourth-order valence-corrected chi connectivity index (χ4v) is 2.94. The molecule has 5 heterocycles. The average molecular weight is 572 g/mol. The molecule has 0 amide bonds. The van der Waals surface area contributed by atoms with Crippen LogP contribution < -0.4 is 0 Å². The molecule has 0 atom stereocenters. The minimum atomic E-state index is -4.72. The number of rotatable bonds is 3. The second-order valence-corrected chi connectivity index (χ2v) is 7.84. The zero-order chi connectivity index (χ0) is 29.4. The van der Waals surface area contributed by atoms with E-state index in [9.17, 15) is 22.0 Å². The zero-order valence-corrected chi connectivity index (χ0v) is 21.0. The maximum absolute atomic E-state index is 12.7. The smallest absolute Gasteiger partial charge is 0.339 e. The van der Waals surface area contributed by atoms with Crippen molar-refractivity contribution in [3.8, 4) is 34.2 Å². The summed E-state index contributed by atoms with van der Waals surface area (Å²) in [7, 11) is 0. The largest absolute Gasteiger partial charge is 0.471 e. The van der Waals surface area contributed by atoms with Gasteiger partial charge in [0.1, 0.15) is 11.6 Å². The molecule has 0 aliphatic rings. The molecule has 0 radical (unpaired) electrons. The van der Waals surface area contributed by atoms with E-state index in [0.717, 1.165) is 30.2 Å². The van der Waals surface area contributed by atoms with Crippen molar-refractivity contribution >= 4 is 0 Å². The molecular formula is C25H17F5N8O3. The predicted octanol–water partition coefficient (Wildman–Crippen LogP) is 5.91. The molecule has 0 saturated heterocycles. The standard InChI is InChI=1S/C9H8N2O.C8H3F4N3O.C8H6FN3O/c1-7-10-9(11-12-7)8-5-3-2-4-6-8;9-5-1-4(2-13-3-5)6-14-7(16-15-6)8(10,11)12;1-5-11-8(12-13-5)6-2-7(9)4-10-3-6/h2-6H,1H3;1-3H;2-4H,1H3. The summed E-state index contributed by atoms with van der Waals surface area (Å²) in [5, 5.41) is 10.5. The van der Waals surface area contributed by atoms with Crippen molar-refractivity contribution in [2.24, 2.45) is 0 Å². The fourth-order valence-electron chi connectivity index (χ4n) is 2.94. The van der Waals surface area contributed by atoms with Crippen LogP contribution in [0.4, 0.5) is 22.0 Å². The lowest BCUT2D eigenvalue weighted by atomic mass is 10.2. The molecule has 0 unspecified atom stereocenters. The molecule has 210 valence electrons. The van der Waals surface area contributed by atoms with Gasteiger partial charge in [0.25, 0.3) is 0 Å². The van der Waals surface area contributed by atoms with E-state index in [-0.39, 0.29) is 11.4 Å². The minimum absolute atomic E-state index is 0.0132. The maximum atomic E-state index is 12.7. The number of nitrogens with zero attached hydrogens (tertiary/aromatic N) is 8. The third-order valence-corrected chi connectivity index (χ3v) is 4.68. The third kappa shape index (κ3) is 8.04. The molecule has 1 aromatic carbocycles. The molecule has 0 aliphatic carbocycles. The van der Waals surface area contributed by atoms with Crippen LogP contribution >= 0.6 is 0 Å². The topological polar surface area (TPSA) is 143 Å². The van der Waals surface area contributed by atoms with E-state index in [0.29, 0.717) is 29.0 Å². The van der Waals surface area contributed by atoms with Crippen LogP contribution in [0.5, 0.6) is 0 Å². The molecule has 11 nitrogen and oxygen atoms in total. The Labute approximate surface area is 227 Å². The quantitative estimate of drug-likeness (QED) is 0.233. The van der Waals surface area contributed by atoms with E-state index in [4.69, 9.17) is 9.05 Å². The molecule has 0 saturated carbocycles. The van der Waals surface area contributed by atoms with Crippen LogP contribution in [0.15, 0.2) is 80.8 Å². The second kappa shape index (κ2) is 12.6. The molecule has 0 bridgehead atoms. The molecule has 0 spiro atoms. The first-order valence-electron chi connectivity index (χ1n) is 11.4. The van der Waals surface area contributed by atoms with E-state index in [2.05, 4.69) is 44.9 Å². The van der Waals surface area contributed by atoms with Crippen molar-refractivity contribution in [2.45, 2.75) is 20.0 Å². The van der Waals surface area contributed by atoms with Crippen LogP contribution in [-0.2, 0) is 6.18 Å². The Bertz CT molecular complexity index is 1700. The summed E-state index contributed by atoms with van der Waals surface area (Å²) in [6.07, 6.45) is -0.0713. The normalized spacial score (nSPS) is 10.8. The van der Waals surface area contributed by atoms with Crippen LogP contribution in [0.2, 0.25) is 0 Å². The summed E-state index contributed by atoms with van der Waals surface area (Å²) in [6.45, 7) is 3.45. The van der Waals surface area contributed by atoms with Crippen molar-refractivity contribution < 1.29 is 35.5 Å². The van der Waals surface area contributed by atoms with Gasteiger partial charge in [-0.05, 0) is 12.1 Å². The van der Waals surface area contributed by atoms with E-state index < -0.39 is 23.7 Å². The van der Waals surface area contributed by atoms with Crippen LogP contribution in [-0.4, -0.2) is 40.4 Å². The number of benzene rings is 1. The Balaban J connectivity index is 0.000000143. The summed E-state index contributed by atoms with van der Waals surface area (Å²) >= 11 is 0. The molecule has 5 aromatic heterocycles. The SMILES string of the molecule is Cc1nc(-c2ccccc2)no1.Cc1nc(-c2cncc(F)c2)no1.Fc1cncc(-c2noc(C(F)(F)F)n2)c1. The van der Waals surface area contributed by atoms with Crippen LogP contribution in [0, 0.1) is 25.5 Å². The van der Waals surface area contributed by atoms with Crippen LogP contribution in [0.1, 0.15) is 17.7 Å². The first-order chi connectivity index (χ1) is 19.6. The number of halogens is 5. The molecule has 6 aromatic rings. The Hall–Kier alpha value is -5.41. The van der Waals surface area contributed by atoms with Gasteiger partial charge >= 0.3 is 12.1 Å². The molecule has 16 heteroatoms. The molecule has 0 fully saturated rings. The highest BCUT2D eigenvalue weighted by Gasteiger charge is 2.38. The first-order valence-corrected chi connectivity index (χ1v) is 11.4. The Morgan fingerprint density at radius 3 is 1.46 bits per heavy atom. The van der Waals surface area contributed by atoms with Crippen molar-refractivity contribution in [2.75, 3.05) is 0 Å². The van der Waals surface area contributed by atoms with Crippen molar-refractivity contribution in [3.05, 3.63) is 96.6 Å². The van der Waals surface area contributed by atoms with Gasteiger partial charge in [-0.3, -0.25) is 9.97 Å². The van der Waals surface area contributed by atoms with Gasteiger partial charge in [-0.15, -0.1) is 0 Å². The van der Waals surface area contributed by atoms with E-state index in [1.807, 2.05) is 30.3 Å². The van der Waals surface area contributed by atoms with E-state index >= 15 is 0 Å². The average Bonchev–Trinajstić information content (AvgIpc) is 3.71. The summed E-state index contributed by atoms with van der Waals surface area (Å²) in [5.41, 5.74) is 1.51. The summed E-state index contributed by atoms with van der Waals surface area (Å²) in [6, 6.07) is 12.0. The van der Waals surface area contributed by atoms with Crippen molar-refractivity contribution in [1.29, 1.82) is 0 Å². The number of hydrogen-bond acceptors (Lipinski definition) is 11. The predicted molar refractivity (Wildman–Crippen MR) is 129 cm³/mol. The first kappa shape index (κ1) is 28.6. The minimum Gasteiger partial charge on any atom is -0.339 e. The monoisotopic (exact) mass is 572 g/mol. The summed E-state index contributed by atoms with van der Waals surface area (Å²) in [5.74, 6) is -0.924. The van der Waals surface area contributed by atoms with Gasteiger partial charge in [-0.25, -0.2) is 8.78 Å². The molecule has 6 rings (SSSR count). The lowest BCUT2D eigenvalue weighted by Crippen LogP contribution is -2.04. The van der Waals surface area contributed by atoms with E-state index in [1.165, 1.54) is 12.3 Å². The molecule has 0 aliphatic heterocycles. The number of alkyl halides is 3. The number of pyridine rings is 2.